The lowest BCUT2D eigenvalue weighted by atomic mass is 10.2. The smallest absolute Gasteiger partial charge is 0.410 e. The molecule has 2 aromatic rings. The van der Waals surface area contributed by atoms with E-state index < -0.39 is 11.0 Å². The molecule has 0 saturated carbocycles. The van der Waals surface area contributed by atoms with Crippen LogP contribution in [0.2, 0.25) is 0 Å². The Hall–Kier alpha value is -2.20. The second-order valence-corrected chi connectivity index (χ2v) is 6.86. The van der Waals surface area contributed by atoms with Gasteiger partial charge in [-0.1, -0.05) is 0 Å². The van der Waals surface area contributed by atoms with Gasteiger partial charge in [0.1, 0.15) is 17.9 Å². The van der Waals surface area contributed by atoms with E-state index in [1.807, 2.05) is 0 Å². The van der Waals surface area contributed by atoms with Crippen LogP contribution >= 0.6 is 24.2 Å². The molecule has 3 rings (SSSR count). The van der Waals surface area contributed by atoms with Crippen LogP contribution in [0.3, 0.4) is 0 Å². The number of hydrogen-bond acceptors (Lipinski definition) is 8. The van der Waals surface area contributed by atoms with E-state index in [2.05, 4.69) is 22.0 Å². The van der Waals surface area contributed by atoms with Gasteiger partial charge in [-0.2, -0.15) is 17.0 Å². The molecule has 1 fully saturated rings. The van der Waals surface area contributed by atoms with Crippen LogP contribution in [0.15, 0.2) is 30.6 Å². The van der Waals surface area contributed by atoms with Gasteiger partial charge in [0.25, 0.3) is 5.69 Å². The van der Waals surface area contributed by atoms with Crippen LogP contribution in [0.5, 0.6) is 0 Å². The van der Waals surface area contributed by atoms with Gasteiger partial charge in [-0.3, -0.25) is 15.0 Å². The Bertz CT molecular complexity index is 723. The van der Waals surface area contributed by atoms with Gasteiger partial charge in [-0.15, -0.1) is 0 Å². The number of thiol groups is 1. The van der Waals surface area contributed by atoms with Gasteiger partial charge in [0.15, 0.2) is 0 Å². The van der Waals surface area contributed by atoms with Crippen LogP contribution in [0, 0.1) is 10.1 Å². The summed E-state index contributed by atoms with van der Waals surface area (Å²) in [5.41, 5.74) is 0.682. The van der Waals surface area contributed by atoms with Crippen molar-refractivity contribution in [3.8, 4) is 0 Å². The molecule has 24 heavy (non-hydrogen) atoms. The molecule has 0 aliphatic carbocycles. The number of rotatable bonds is 4. The number of carbonyl (C=O) groups is 1. The summed E-state index contributed by atoms with van der Waals surface area (Å²) in [5.74, 6) is 0. The maximum absolute atomic E-state index is 12.4. The van der Waals surface area contributed by atoms with E-state index in [9.17, 15) is 14.9 Å². The van der Waals surface area contributed by atoms with Crippen molar-refractivity contribution in [3.05, 3.63) is 51.3 Å². The minimum Gasteiger partial charge on any atom is -0.445 e. The van der Waals surface area contributed by atoms with Crippen molar-refractivity contribution in [1.82, 2.24) is 14.3 Å². The molecule has 10 heteroatoms. The van der Waals surface area contributed by atoms with E-state index in [0.29, 0.717) is 18.5 Å². The zero-order valence-corrected chi connectivity index (χ0v) is 14.2. The van der Waals surface area contributed by atoms with Crippen LogP contribution in [0.1, 0.15) is 23.0 Å². The van der Waals surface area contributed by atoms with Crippen LogP contribution < -0.4 is 0 Å². The number of carbonyl (C=O) groups excluding carboxylic acids is 1. The summed E-state index contributed by atoms with van der Waals surface area (Å²) in [4.78, 5) is 28.3. The van der Waals surface area contributed by atoms with Gasteiger partial charge in [0.05, 0.1) is 11.0 Å². The zero-order valence-electron chi connectivity index (χ0n) is 12.4. The molecule has 0 bridgehead atoms. The minimum atomic E-state index is -0.473. The summed E-state index contributed by atoms with van der Waals surface area (Å²) in [5, 5.41) is 11.5. The van der Waals surface area contributed by atoms with E-state index in [4.69, 9.17) is 4.74 Å². The molecule has 126 valence electrons. The number of ether oxygens (including phenoxy) is 1. The fraction of sp³-hybridized carbons (Fsp3) is 0.357. The molecule has 0 N–H and O–H groups in total. The Kier molecular flexibility index (Phi) is 4.95. The zero-order chi connectivity index (χ0) is 17.1. The number of aromatic nitrogens is 2. The Balaban J connectivity index is 1.62. The fourth-order valence-corrected chi connectivity index (χ4v) is 3.54. The van der Waals surface area contributed by atoms with Crippen molar-refractivity contribution in [2.45, 2.75) is 24.3 Å². The molecule has 1 aromatic heterocycles. The van der Waals surface area contributed by atoms with Gasteiger partial charge in [0.2, 0.25) is 0 Å². The summed E-state index contributed by atoms with van der Waals surface area (Å²) < 4.78 is 9.30. The normalized spacial score (nSPS) is 20.1. The lowest BCUT2D eigenvalue weighted by Crippen LogP contribution is -2.31. The molecule has 1 amide bonds. The van der Waals surface area contributed by atoms with Crippen molar-refractivity contribution < 1.29 is 14.5 Å². The van der Waals surface area contributed by atoms with Crippen molar-refractivity contribution >= 4 is 35.9 Å². The van der Waals surface area contributed by atoms with Gasteiger partial charge in [-0.05, 0) is 35.6 Å². The van der Waals surface area contributed by atoms with Crippen molar-refractivity contribution in [2.24, 2.45) is 0 Å². The van der Waals surface area contributed by atoms with E-state index in [1.54, 1.807) is 17.0 Å². The molecule has 1 aromatic carbocycles. The summed E-state index contributed by atoms with van der Waals surface area (Å²) >= 11 is 5.70. The fourth-order valence-electron chi connectivity index (χ4n) is 2.52. The second kappa shape index (κ2) is 7.14. The third-order valence-corrected chi connectivity index (χ3v) is 4.82. The Morgan fingerprint density at radius 2 is 2.21 bits per heavy atom. The SMILES string of the molecule is O=C(OCc1ccc([N+](=O)[O-])cc1)N1CC(S)CC1c1ncns1. The first-order valence-electron chi connectivity index (χ1n) is 7.16. The summed E-state index contributed by atoms with van der Waals surface area (Å²) in [6, 6.07) is 5.72. The van der Waals surface area contributed by atoms with Crippen LogP contribution in [0.25, 0.3) is 0 Å². The third kappa shape index (κ3) is 3.65. The standard InChI is InChI=1S/C14H14N4O4S2/c19-14(22-7-9-1-3-10(4-2-9)18(20)21)17-6-11(23)5-12(17)13-15-8-16-24-13/h1-4,8,11-12,23H,5-7H2. The molecule has 2 unspecified atom stereocenters. The largest absolute Gasteiger partial charge is 0.445 e. The number of amides is 1. The highest BCUT2D eigenvalue weighted by Crippen LogP contribution is 2.35. The molecule has 1 saturated heterocycles. The molecule has 1 aliphatic rings. The van der Waals surface area contributed by atoms with E-state index >= 15 is 0 Å². The summed E-state index contributed by atoms with van der Waals surface area (Å²) in [6.07, 6.45) is 1.71. The predicted molar refractivity (Wildman–Crippen MR) is 90.0 cm³/mol. The average molecular weight is 366 g/mol. The predicted octanol–water partition coefficient (Wildman–Crippen LogP) is 2.83. The first-order valence-corrected chi connectivity index (χ1v) is 8.45. The van der Waals surface area contributed by atoms with E-state index in [0.717, 1.165) is 5.01 Å². The number of nitro benzene ring substituents is 1. The Labute approximate surface area is 147 Å². The molecule has 1 aliphatic heterocycles. The monoisotopic (exact) mass is 366 g/mol. The quantitative estimate of drug-likeness (QED) is 0.507. The number of nitro groups is 1. The first-order chi connectivity index (χ1) is 11.5. The summed E-state index contributed by atoms with van der Waals surface area (Å²) in [6.45, 7) is 0.528. The lowest BCUT2D eigenvalue weighted by Gasteiger charge is -2.22. The Morgan fingerprint density at radius 1 is 1.46 bits per heavy atom. The van der Waals surface area contributed by atoms with Crippen molar-refractivity contribution in [2.75, 3.05) is 6.54 Å². The highest BCUT2D eigenvalue weighted by Gasteiger charge is 2.37. The summed E-state index contributed by atoms with van der Waals surface area (Å²) in [7, 11) is 0. The molecule has 8 nitrogen and oxygen atoms in total. The number of likely N-dealkylation sites (tertiary alicyclic amines) is 1. The van der Waals surface area contributed by atoms with Crippen LogP contribution in [0.4, 0.5) is 10.5 Å². The maximum Gasteiger partial charge on any atom is 0.410 e. The van der Waals surface area contributed by atoms with Gasteiger partial charge < -0.3 is 4.74 Å². The van der Waals surface area contributed by atoms with E-state index in [-0.39, 0.29) is 23.6 Å². The lowest BCUT2D eigenvalue weighted by molar-refractivity contribution is -0.384. The van der Waals surface area contributed by atoms with Crippen LogP contribution in [-0.2, 0) is 11.3 Å². The molecule has 0 spiro atoms. The molecular weight excluding hydrogens is 352 g/mol. The number of non-ortho nitro benzene ring substituents is 1. The molecule has 0 radical (unpaired) electrons. The molecular formula is C14H14N4O4S2. The average Bonchev–Trinajstić information content (AvgIpc) is 3.22. The highest BCUT2D eigenvalue weighted by atomic mass is 32.1. The van der Waals surface area contributed by atoms with Gasteiger partial charge >= 0.3 is 6.09 Å². The number of hydrogen-bond donors (Lipinski definition) is 1. The third-order valence-electron chi connectivity index (χ3n) is 3.69. The minimum absolute atomic E-state index is 0.00105. The second-order valence-electron chi connectivity index (χ2n) is 5.32. The van der Waals surface area contributed by atoms with Crippen LogP contribution in [-0.4, -0.2) is 37.1 Å². The van der Waals surface area contributed by atoms with Gasteiger partial charge in [0, 0.05) is 23.9 Å². The molecule has 2 heterocycles. The van der Waals surface area contributed by atoms with Gasteiger partial charge in [-0.25, -0.2) is 9.78 Å². The molecule has 2 atom stereocenters. The van der Waals surface area contributed by atoms with Crippen molar-refractivity contribution in [3.63, 3.8) is 0 Å². The first kappa shape index (κ1) is 16.7. The number of nitrogens with zero attached hydrogens (tertiary/aromatic N) is 4. The number of benzene rings is 1. The Morgan fingerprint density at radius 3 is 2.83 bits per heavy atom. The topological polar surface area (TPSA) is 98.5 Å². The highest BCUT2D eigenvalue weighted by molar-refractivity contribution is 7.81. The van der Waals surface area contributed by atoms with E-state index in [1.165, 1.54) is 30.0 Å². The maximum atomic E-state index is 12.4. The van der Waals surface area contributed by atoms with Crippen molar-refractivity contribution in [1.29, 1.82) is 0 Å².